The summed E-state index contributed by atoms with van der Waals surface area (Å²) in [6.07, 6.45) is -0.162. The molecule has 0 heterocycles. The van der Waals surface area contributed by atoms with Crippen LogP contribution in [0.3, 0.4) is 0 Å². The van der Waals surface area contributed by atoms with E-state index in [1.54, 1.807) is 0 Å². The molecule has 0 N–H and O–H groups in total. The van der Waals surface area contributed by atoms with E-state index in [0.29, 0.717) is 5.92 Å². The Kier molecular flexibility index (Phi) is 6.71. The number of halogens is 5. The molecule has 2 saturated carbocycles. The van der Waals surface area contributed by atoms with Gasteiger partial charge in [-0.05, 0) is 57.3 Å². The van der Waals surface area contributed by atoms with Crippen LogP contribution in [-0.2, 0) is 9.53 Å². The van der Waals surface area contributed by atoms with Crippen LogP contribution in [0.25, 0.3) is 0 Å². The van der Waals surface area contributed by atoms with Crippen molar-refractivity contribution in [2.24, 2.45) is 17.8 Å². The van der Waals surface area contributed by atoms with Crippen molar-refractivity contribution >= 4 is 5.97 Å². The predicted molar refractivity (Wildman–Crippen MR) is 83.2 cm³/mol. The molecular formula is C18H27F5O2. The van der Waals surface area contributed by atoms with Gasteiger partial charge >= 0.3 is 18.1 Å². The molecule has 0 aromatic carbocycles. The van der Waals surface area contributed by atoms with Gasteiger partial charge in [-0.25, -0.2) is 0 Å². The molecule has 2 fully saturated rings. The van der Waals surface area contributed by atoms with E-state index in [4.69, 9.17) is 4.74 Å². The SMILES string of the molecule is CCCC1CCC(OC(=O)C2CCC(C(F)(F)C(F)(F)F)CC2)CC1. The van der Waals surface area contributed by atoms with Gasteiger partial charge in [0.15, 0.2) is 0 Å². The summed E-state index contributed by atoms with van der Waals surface area (Å²) < 4.78 is 69.5. The van der Waals surface area contributed by atoms with Gasteiger partial charge in [0.2, 0.25) is 0 Å². The lowest BCUT2D eigenvalue weighted by atomic mass is 9.78. The summed E-state index contributed by atoms with van der Waals surface area (Å²) in [4.78, 5) is 12.2. The van der Waals surface area contributed by atoms with Gasteiger partial charge in [0.05, 0.1) is 5.92 Å². The Bertz CT molecular complexity index is 433. The first-order chi connectivity index (χ1) is 11.6. The van der Waals surface area contributed by atoms with E-state index in [9.17, 15) is 26.7 Å². The third kappa shape index (κ3) is 5.07. The number of carbonyl (C=O) groups excluding carboxylic acids is 1. The second-order valence-corrected chi connectivity index (χ2v) is 7.54. The highest BCUT2D eigenvalue weighted by Crippen LogP contribution is 2.47. The molecule has 0 aliphatic heterocycles. The van der Waals surface area contributed by atoms with Crippen molar-refractivity contribution in [1.82, 2.24) is 0 Å². The lowest BCUT2D eigenvalue weighted by Gasteiger charge is -2.34. The molecule has 2 aliphatic carbocycles. The summed E-state index contributed by atoms with van der Waals surface area (Å²) >= 11 is 0. The Morgan fingerprint density at radius 3 is 1.96 bits per heavy atom. The van der Waals surface area contributed by atoms with Crippen LogP contribution in [0.15, 0.2) is 0 Å². The molecule has 0 radical (unpaired) electrons. The maximum Gasteiger partial charge on any atom is 0.453 e. The molecule has 0 aromatic rings. The number of hydrogen-bond acceptors (Lipinski definition) is 2. The Hall–Kier alpha value is -0.880. The van der Waals surface area contributed by atoms with E-state index in [-0.39, 0.29) is 31.8 Å². The standard InChI is InChI=1S/C18H27F5O2/c1-2-3-12-4-10-15(11-5-12)25-16(24)13-6-8-14(9-7-13)17(19,20)18(21,22)23/h12-15H,2-11H2,1H3. The molecule has 2 nitrogen and oxygen atoms in total. The zero-order chi connectivity index (χ0) is 18.7. The number of ether oxygens (including phenoxy) is 1. The van der Waals surface area contributed by atoms with Crippen LogP contribution in [0.2, 0.25) is 0 Å². The molecule has 2 rings (SSSR count). The largest absolute Gasteiger partial charge is 0.462 e. The molecule has 0 saturated heterocycles. The van der Waals surface area contributed by atoms with Crippen molar-refractivity contribution in [2.75, 3.05) is 0 Å². The Balaban J connectivity index is 1.76. The zero-order valence-electron chi connectivity index (χ0n) is 14.6. The average molecular weight is 370 g/mol. The van der Waals surface area contributed by atoms with Crippen molar-refractivity contribution in [1.29, 1.82) is 0 Å². The topological polar surface area (TPSA) is 26.3 Å². The first kappa shape index (κ1) is 20.4. The fourth-order valence-electron chi connectivity index (χ4n) is 4.13. The molecule has 0 amide bonds. The molecule has 25 heavy (non-hydrogen) atoms. The molecule has 0 bridgehead atoms. The van der Waals surface area contributed by atoms with Gasteiger partial charge in [-0.3, -0.25) is 4.79 Å². The predicted octanol–water partition coefficient (Wildman–Crippen LogP) is 5.89. The number of hydrogen-bond donors (Lipinski definition) is 0. The third-order valence-electron chi connectivity index (χ3n) is 5.72. The van der Waals surface area contributed by atoms with Crippen molar-refractivity contribution < 1.29 is 31.5 Å². The maximum atomic E-state index is 13.4. The van der Waals surface area contributed by atoms with Crippen molar-refractivity contribution in [3.63, 3.8) is 0 Å². The van der Waals surface area contributed by atoms with Crippen LogP contribution in [-0.4, -0.2) is 24.2 Å². The monoisotopic (exact) mass is 370 g/mol. The van der Waals surface area contributed by atoms with E-state index in [0.717, 1.165) is 32.1 Å². The Morgan fingerprint density at radius 2 is 1.48 bits per heavy atom. The second-order valence-electron chi connectivity index (χ2n) is 7.54. The minimum Gasteiger partial charge on any atom is -0.462 e. The summed E-state index contributed by atoms with van der Waals surface area (Å²) in [5.74, 6) is -6.71. The highest BCUT2D eigenvalue weighted by Gasteiger charge is 2.62. The Labute approximate surface area is 145 Å². The number of alkyl halides is 5. The molecule has 7 heteroatoms. The molecule has 0 unspecified atom stereocenters. The number of esters is 1. The van der Waals surface area contributed by atoms with E-state index in [1.807, 2.05) is 0 Å². The minimum absolute atomic E-state index is 0.0420. The van der Waals surface area contributed by atoms with Crippen LogP contribution in [0.5, 0.6) is 0 Å². The van der Waals surface area contributed by atoms with Gasteiger partial charge in [-0.15, -0.1) is 0 Å². The van der Waals surface area contributed by atoms with Crippen molar-refractivity contribution in [3.05, 3.63) is 0 Å². The normalized spacial score (nSPS) is 31.6. The Morgan fingerprint density at radius 1 is 0.920 bits per heavy atom. The summed E-state index contributed by atoms with van der Waals surface area (Å²) in [6.45, 7) is 2.14. The molecular weight excluding hydrogens is 343 g/mol. The zero-order valence-corrected chi connectivity index (χ0v) is 14.6. The summed E-state index contributed by atoms with van der Waals surface area (Å²) in [5, 5.41) is 0. The number of carbonyl (C=O) groups is 1. The molecule has 2 aliphatic rings. The first-order valence-corrected chi connectivity index (χ1v) is 9.30. The summed E-state index contributed by atoms with van der Waals surface area (Å²) in [6, 6.07) is 0. The molecule has 0 spiro atoms. The van der Waals surface area contributed by atoms with Gasteiger partial charge in [-0.1, -0.05) is 19.8 Å². The highest BCUT2D eigenvalue weighted by molar-refractivity contribution is 5.72. The maximum absolute atomic E-state index is 13.4. The summed E-state index contributed by atoms with van der Waals surface area (Å²) in [7, 11) is 0. The van der Waals surface area contributed by atoms with Crippen molar-refractivity contribution in [3.8, 4) is 0 Å². The molecule has 0 aromatic heterocycles. The van der Waals surface area contributed by atoms with Gasteiger partial charge in [0.25, 0.3) is 0 Å². The van der Waals surface area contributed by atoms with Crippen LogP contribution in [0.4, 0.5) is 22.0 Å². The van der Waals surface area contributed by atoms with Gasteiger partial charge < -0.3 is 4.74 Å². The van der Waals surface area contributed by atoms with E-state index < -0.39 is 29.9 Å². The smallest absolute Gasteiger partial charge is 0.453 e. The summed E-state index contributed by atoms with van der Waals surface area (Å²) in [5.41, 5.74) is 0. The third-order valence-corrected chi connectivity index (χ3v) is 5.72. The lowest BCUT2D eigenvalue weighted by molar-refractivity contribution is -0.306. The average Bonchev–Trinajstić information content (AvgIpc) is 2.56. The van der Waals surface area contributed by atoms with E-state index in [1.165, 1.54) is 6.42 Å². The van der Waals surface area contributed by atoms with Crippen LogP contribution >= 0.6 is 0 Å². The van der Waals surface area contributed by atoms with E-state index >= 15 is 0 Å². The molecule has 146 valence electrons. The van der Waals surface area contributed by atoms with Gasteiger partial charge in [-0.2, -0.15) is 22.0 Å². The van der Waals surface area contributed by atoms with Crippen LogP contribution < -0.4 is 0 Å². The highest BCUT2D eigenvalue weighted by atomic mass is 19.4. The van der Waals surface area contributed by atoms with Crippen LogP contribution in [0, 0.1) is 17.8 Å². The second kappa shape index (κ2) is 8.21. The van der Waals surface area contributed by atoms with E-state index in [2.05, 4.69) is 6.92 Å². The van der Waals surface area contributed by atoms with Gasteiger partial charge in [0, 0.05) is 5.92 Å². The van der Waals surface area contributed by atoms with Gasteiger partial charge in [0.1, 0.15) is 6.10 Å². The minimum atomic E-state index is -5.53. The molecule has 0 atom stereocenters. The lowest BCUT2D eigenvalue weighted by Crippen LogP contribution is -2.45. The fraction of sp³-hybridized carbons (Fsp3) is 0.944. The number of rotatable bonds is 5. The fourth-order valence-corrected chi connectivity index (χ4v) is 4.13. The van der Waals surface area contributed by atoms with Crippen LogP contribution in [0.1, 0.15) is 71.1 Å². The quantitative estimate of drug-likeness (QED) is 0.445. The first-order valence-electron chi connectivity index (χ1n) is 9.30. The van der Waals surface area contributed by atoms with Crippen molar-refractivity contribution in [2.45, 2.75) is 89.3 Å².